The average Bonchev–Trinajstić information content (AvgIpc) is 2.68. The third-order valence-electron chi connectivity index (χ3n) is 5.81. The van der Waals surface area contributed by atoms with Crippen LogP contribution in [0.1, 0.15) is 18.0 Å². The fourth-order valence-corrected chi connectivity index (χ4v) is 4.92. The van der Waals surface area contributed by atoms with Gasteiger partial charge in [-0.05, 0) is 62.5 Å². The number of hydrogen-bond acceptors (Lipinski definition) is 4. The Morgan fingerprint density at radius 1 is 1.11 bits per heavy atom. The first kappa shape index (κ1) is 19.3. The highest BCUT2D eigenvalue weighted by Crippen LogP contribution is 2.36. The van der Waals surface area contributed by atoms with E-state index in [1.807, 2.05) is 52.9 Å². The van der Waals surface area contributed by atoms with E-state index in [4.69, 9.17) is 0 Å². The highest BCUT2D eigenvalue weighted by molar-refractivity contribution is 7.98. The molecule has 2 bridgehead atoms. The standard InChI is InChI=1S/C22H27N3O2S/c1-23(2)14-21(26)24-11-15-10-17(13-24)20-9-8-19(22(27)25(20)12-15)16-4-6-18(28-3)7-5-16/h4-9,15,17H,10-14H2,1-3H3/t15-,17-/m1/s1. The summed E-state index contributed by atoms with van der Waals surface area (Å²) in [6.45, 7) is 2.61. The molecule has 0 spiro atoms. The van der Waals surface area contributed by atoms with Gasteiger partial charge in [-0.1, -0.05) is 12.1 Å². The van der Waals surface area contributed by atoms with E-state index in [0.717, 1.165) is 29.8 Å². The van der Waals surface area contributed by atoms with Crippen LogP contribution in [0.5, 0.6) is 0 Å². The van der Waals surface area contributed by atoms with Gasteiger partial charge in [0.15, 0.2) is 0 Å². The van der Waals surface area contributed by atoms with Crippen LogP contribution in [0.25, 0.3) is 11.1 Å². The monoisotopic (exact) mass is 397 g/mol. The molecule has 6 heteroatoms. The van der Waals surface area contributed by atoms with Crippen LogP contribution in [0.2, 0.25) is 0 Å². The molecule has 2 aromatic rings. The minimum atomic E-state index is 0.0946. The zero-order valence-corrected chi connectivity index (χ0v) is 17.5. The molecule has 4 rings (SSSR count). The summed E-state index contributed by atoms with van der Waals surface area (Å²) in [5.74, 6) is 0.782. The molecule has 2 aliphatic heterocycles. The molecule has 1 aromatic heterocycles. The van der Waals surface area contributed by atoms with Crippen molar-refractivity contribution in [3.8, 4) is 11.1 Å². The van der Waals surface area contributed by atoms with Gasteiger partial charge in [-0.2, -0.15) is 0 Å². The molecule has 1 saturated heterocycles. The molecule has 1 amide bonds. The number of fused-ring (bicyclic) bond motifs is 4. The van der Waals surface area contributed by atoms with E-state index in [2.05, 4.69) is 18.2 Å². The maximum Gasteiger partial charge on any atom is 0.258 e. The molecule has 0 saturated carbocycles. The van der Waals surface area contributed by atoms with Crippen molar-refractivity contribution in [2.75, 3.05) is 40.0 Å². The van der Waals surface area contributed by atoms with E-state index in [0.29, 0.717) is 25.6 Å². The lowest BCUT2D eigenvalue weighted by Crippen LogP contribution is -2.51. The van der Waals surface area contributed by atoms with E-state index in [-0.39, 0.29) is 17.4 Å². The third-order valence-corrected chi connectivity index (χ3v) is 6.55. The molecule has 1 aromatic carbocycles. The Morgan fingerprint density at radius 2 is 1.86 bits per heavy atom. The van der Waals surface area contributed by atoms with Gasteiger partial charge in [-0.25, -0.2) is 0 Å². The number of carbonyl (C=O) groups is 1. The number of likely N-dealkylation sites (N-methyl/N-ethyl adjacent to an activating group) is 1. The van der Waals surface area contributed by atoms with Gasteiger partial charge in [0.1, 0.15) is 0 Å². The van der Waals surface area contributed by atoms with Crippen molar-refractivity contribution in [3.63, 3.8) is 0 Å². The third kappa shape index (κ3) is 3.63. The zero-order chi connectivity index (χ0) is 19.8. The van der Waals surface area contributed by atoms with E-state index in [1.54, 1.807) is 11.8 Å². The minimum absolute atomic E-state index is 0.0946. The molecule has 1 fully saturated rings. The van der Waals surface area contributed by atoms with Crippen molar-refractivity contribution in [2.24, 2.45) is 5.92 Å². The molecule has 0 aliphatic carbocycles. The molecule has 2 atom stereocenters. The highest BCUT2D eigenvalue weighted by atomic mass is 32.2. The number of hydrogen-bond donors (Lipinski definition) is 0. The normalized spacial score (nSPS) is 20.9. The van der Waals surface area contributed by atoms with Crippen LogP contribution in [-0.2, 0) is 11.3 Å². The fourth-order valence-electron chi connectivity index (χ4n) is 4.51. The molecular formula is C22H27N3O2S. The van der Waals surface area contributed by atoms with E-state index < -0.39 is 0 Å². The maximum atomic E-state index is 13.2. The average molecular weight is 398 g/mol. The summed E-state index contributed by atoms with van der Waals surface area (Å²) in [4.78, 5) is 30.9. The van der Waals surface area contributed by atoms with Crippen LogP contribution < -0.4 is 5.56 Å². The summed E-state index contributed by atoms with van der Waals surface area (Å²) in [7, 11) is 3.84. The number of pyridine rings is 1. The molecule has 28 heavy (non-hydrogen) atoms. The zero-order valence-electron chi connectivity index (χ0n) is 16.7. The maximum absolute atomic E-state index is 13.2. The second-order valence-corrected chi connectivity index (χ2v) is 9.03. The Morgan fingerprint density at radius 3 is 2.54 bits per heavy atom. The number of amides is 1. The van der Waals surface area contributed by atoms with E-state index in [1.165, 1.54) is 4.90 Å². The number of benzene rings is 1. The first-order valence-corrected chi connectivity index (χ1v) is 11.0. The Kier molecular flexibility index (Phi) is 5.34. The summed E-state index contributed by atoms with van der Waals surface area (Å²) < 4.78 is 1.96. The summed E-state index contributed by atoms with van der Waals surface area (Å²) in [5, 5.41) is 0. The van der Waals surface area contributed by atoms with Gasteiger partial charge >= 0.3 is 0 Å². The number of piperidine rings is 1. The topological polar surface area (TPSA) is 45.6 Å². The molecule has 5 nitrogen and oxygen atoms in total. The van der Waals surface area contributed by atoms with E-state index in [9.17, 15) is 9.59 Å². The number of rotatable bonds is 4. The number of nitrogens with zero attached hydrogens (tertiary/aromatic N) is 3. The van der Waals surface area contributed by atoms with Gasteiger partial charge in [0, 0.05) is 41.7 Å². The second kappa shape index (κ2) is 7.76. The number of thioether (sulfide) groups is 1. The molecule has 0 unspecified atom stereocenters. The van der Waals surface area contributed by atoms with Crippen LogP contribution in [0.4, 0.5) is 0 Å². The molecular weight excluding hydrogens is 370 g/mol. The Bertz CT molecular complexity index is 936. The number of aromatic nitrogens is 1. The van der Waals surface area contributed by atoms with Crippen LogP contribution in [0.3, 0.4) is 0 Å². The van der Waals surface area contributed by atoms with Crippen molar-refractivity contribution in [2.45, 2.75) is 23.8 Å². The summed E-state index contributed by atoms with van der Waals surface area (Å²) >= 11 is 1.70. The van der Waals surface area contributed by atoms with Gasteiger partial charge in [0.2, 0.25) is 5.91 Å². The summed E-state index contributed by atoms with van der Waals surface area (Å²) in [5.41, 5.74) is 2.90. The molecule has 2 aliphatic rings. The largest absolute Gasteiger partial charge is 0.341 e. The van der Waals surface area contributed by atoms with Crippen molar-refractivity contribution in [1.29, 1.82) is 0 Å². The molecule has 3 heterocycles. The van der Waals surface area contributed by atoms with Crippen LogP contribution in [-0.4, -0.2) is 60.3 Å². The minimum Gasteiger partial charge on any atom is -0.341 e. The molecule has 148 valence electrons. The Hall–Kier alpha value is -2.05. The predicted molar refractivity (Wildman–Crippen MR) is 114 cm³/mol. The highest BCUT2D eigenvalue weighted by Gasteiger charge is 2.36. The van der Waals surface area contributed by atoms with E-state index >= 15 is 0 Å². The summed E-state index contributed by atoms with van der Waals surface area (Å²) in [6, 6.07) is 12.2. The van der Waals surface area contributed by atoms with Gasteiger partial charge < -0.3 is 14.4 Å². The Labute approximate surface area is 170 Å². The van der Waals surface area contributed by atoms with Crippen LogP contribution in [0.15, 0.2) is 46.1 Å². The Balaban J connectivity index is 1.63. The van der Waals surface area contributed by atoms with Crippen molar-refractivity contribution in [3.05, 3.63) is 52.4 Å². The lowest BCUT2D eigenvalue weighted by molar-refractivity contribution is -0.134. The van der Waals surface area contributed by atoms with Crippen LogP contribution in [0, 0.1) is 5.92 Å². The van der Waals surface area contributed by atoms with Crippen molar-refractivity contribution >= 4 is 17.7 Å². The SMILES string of the molecule is CSc1ccc(-c2ccc3n(c2=O)C[C@@H]2C[C@@H]3CN(C(=O)CN(C)C)C2)cc1. The van der Waals surface area contributed by atoms with Gasteiger partial charge in [0.25, 0.3) is 5.56 Å². The number of likely N-dealkylation sites (tertiary alicyclic amines) is 1. The van der Waals surface area contributed by atoms with Gasteiger partial charge in [0.05, 0.1) is 6.54 Å². The first-order valence-electron chi connectivity index (χ1n) is 9.77. The lowest BCUT2D eigenvalue weighted by atomic mass is 9.82. The second-order valence-electron chi connectivity index (χ2n) is 8.15. The van der Waals surface area contributed by atoms with Gasteiger partial charge in [-0.15, -0.1) is 11.8 Å². The fraction of sp³-hybridized carbons (Fsp3) is 0.455. The predicted octanol–water partition coefficient (Wildman–Crippen LogP) is 2.74. The lowest BCUT2D eigenvalue weighted by Gasteiger charge is -2.43. The first-order chi connectivity index (χ1) is 13.5. The van der Waals surface area contributed by atoms with Crippen LogP contribution >= 0.6 is 11.8 Å². The molecule has 0 N–H and O–H groups in total. The number of carbonyl (C=O) groups excluding carboxylic acids is 1. The quantitative estimate of drug-likeness (QED) is 0.745. The molecule has 0 radical (unpaired) electrons. The van der Waals surface area contributed by atoms with Crippen molar-refractivity contribution in [1.82, 2.24) is 14.4 Å². The van der Waals surface area contributed by atoms with Crippen molar-refractivity contribution < 1.29 is 4.79 Å². The summed E-state index contributed by atoms with van der Waals surface area (Å²) in [6.07, 6.45) is 3.11. The smallest absolute Gasteiger partial charge is 0.258 e. The van der Waals surface area contributed by atoms with Gasteiger partial charge in [-0.3, -0.25) is 9.59 Å².